The Labute approximate surface area is 190 Å². The number of nitrogens with one attached hydrogen (secondary N) is 1. The molecule has 2 amide bonds. The molecule has 3 aromatic rings. The number of rotatable bonds is 3. The van der Waals surface area contributed by atoms with E-state index in [9.17, 15) is 9.00 Å². The SMILES string of the molecule is N[S@](=O)(=NC(=O)Nc1c(-c2cncc(Cl)c2)ccc2c1CCC2)c1cnn2c1OCCC2. The highest BCUT2D eigenvalue weighted by molar-refractivity contribution is 7.91. The molecule has 166 valence electrons. The predicted octanol–water partition coefficient (Wildman–Crippen LogP) is 3.80. The van der Waals surface area contributed by atoms with E-state index in [1.165, 1.54) is 6.20 Å². The van der Waals surface area contributed by atoms with Crippen LogP contribution in [0.2, 0.25) is 5.02 Å². The van der Waals surface area contributed by atoms with Crippen LogP contribution in [0, 0.1) is 0 Å². The summed E-state index contributed by atoms with van der Waals surface area (Å²) in [6.07, 6.45) is 8.09. The zero-order chi connectivity index (χ0) is 22.3. The number of benzene rings is 1. The lowest BCUT2D eigenvalue weighted by Gasteiger charge is -2.17. The third-order valence-corrected chi connectivity index (χ3v) is 7.13. The molecule has 32 heavy (non-hydrogen) atoms. The summed E-state index contributed by atoms with van der Waals surface area (Å²) in [6.45, 7) is 1.10. The molecule has 5 rings (SSSR count). The van der Waals surface area contributed by atoms with Gasteiger partial charge in [0, 0.05) is 36.5 Å². The number of aromatic nitrogens is 3. The first-order chi connectivity index (χ1) is 15.4. The van der Waals surface area contributed by atoms with Gasteiger partial charge in [-0.15, -0.1) is 4.36 Å². The van der Waals surface area contributed by atoms with Crippen LogP contribution in [0.15, 0.2) is 46.0 Å². The van der Waals surface area contributed by atoms with Gasteiger partial charge in [0.1, 0.15) is 4.90 Å². The van der Waals surface area contributed by atoms with Gasteiger partial charge in [-0.25, -0.2) is 18.8 Å². The number of urea groups is 1. The monoisotopic (exact) mass is 472 g/mol. The predicted molar refractivity (Wildman–Crippen MR) is 121 cm³/mol. The molecular weight excluding hydrogens is 452 g/mol. The lowest BCUT2D eigenvalue weighted by atomic mass is 9.98. The molecule has 1 aliphatic heterocycles. The summed E-state index contributed by atoms with van der Waals surface area (Å²) in [6, 6.07) is 4.95. The Hall–Kier alpha value is -2.95. The number of ether oxygens (including phenoxy) is 1. The van der Waals surface area contributed by atoms with Gasteiger partial charge in [-0.3, -0.25) is 4.98 Å². The smallest absolute Gasteiger partial charge is 0.354 e. The Morgan fingerprint density at radius 1 is 1.25 bits per heavy atom. The second-order valence-corrected chi connectivity index (χ2v) is 9.90. The maximum Gasteiger partial charge on any atom is 0.354 e. The number of nitrogens with zero attached hydrogens (tertiary/aromatic N) is 4. The summed E-state index contributed by atoms with van der Waals surface area (Å²) in [5.74, 6) is 0.298. The van der Waals surface area contributed by atoms with Crippen molar-refractivity contribution in [1.29, 1.82) is 0 Å². The van der Waals surface area contributed by atoms with E-state index in [0.717, 1.165) is 47.9 Å². The summed E-state index contributed by atoms with van der Waals surface area (Å²) in [5.41, 5.74) is 4.32. The second-order valence-electron chi connectivity index (χ2n) is 7.70. The number of pyridine rings is 1. The van der Waals surface area contributed by atoms with Gasteiger partial charge in [0.25, 0.3) is 0 Å². The highest BCUT2D eigenvalue weighted by Crippen LogP contribution is 2.38. The molecule has 11 heteroatoms. The van der Waals surface area contributed by atoms with E-state index < -0.39 is 15.9 Å². The minimum atomic E-state index is -3.55. The average Bonchev–Trinajstić information content (AvgIpc) is 3.41. The number of hydrogen-bond acceptors (Lipinski definition) is 5. The van der Waals surface area contributed by atoms with Crippen molar-refractivity contribution in [2.45, 2.75) is 37.1 Å². The standard InChI is InChI=1S/C21H21ClN6O3S/c22-15-9-14(10-24-11-15)17-6-5-13-3-1-4-16(13)19(17)26-21(29)27-32(23,30)18-12-25-28-7-2-8-31-20(18)28/h5-6,9-12H,1-4,7-8H2,(H3,23,26,27,29,30)/t32-/m0/s1. The Balaban J connectivity index is 1.53. The lowest BCUT2D eigenvalue weighted by Crippen LogP contribution is -2.21. The zero-order valence-corrected chi connectivity index (χ0v) is 18.7. The summed E-state index contributed by atoms with van der Waals surface area (Å²) >= 11 is 6.13. The molecule has 0 fully saturated rings. The van der Waals surface area contributed by atoms with Crippen LogP contribution in [-0.2, 0) is 29.3 Å². The molecular formula is C21H21ClN6O3S. The van der Waals surface area contributed by atoms with Gasteiger partial charge < -0.3 is 10.1 Å². The van der Waals surface area contributed by atoms with E-state index in [-0.39, 0.29) is 4.90 Å². The highest BCUT2D eigenvalue weighted by atomic mass is 35.5. The number of carbonyl (C=O) groups excluding carboxylic acids is 1. The van der Waals surface area contributed by atoms with E-state index in [2.05, 4.69) is 19.8 Å². The number of halogens is 1. The van der Waals surface area contributed by atoms with Gasteiger partial charge in [-0.05, 0) is 36.5 Å². The number of amides is 2. The van der Waals surface area contributed by atoms with Crippen molar-refractivity contribution in [3.8, 4) is 17.0 Å². The average molecular weight is 473 g/mol. The third-order valence-electron chi connectivity index (χ3n) is 5.58. The number of aryl methyl sites for hydroxylation is 2. The summed E-state index contributed by atoms with van der Waals surface area (Å²) in [5, 5.41) is 13.4. The van der Waals surface area contributed by atoms with Crippen LogP contribution in [0.4, 0.5) is 10.5 Å². The molecule has 0 spiro atoms. The van der Waals surface area contributed by atoms with Crippen LogP contribution in [-0.4, -0.2) is 31.6 Å². The van der Waals surface area contributed by atoms with Crippen molar-refractivity contribution in [1.82, 2.24) is 14.8 Å². The zero-order valence-electron chi connectivity index (χ0n) is 17.1. The Bertz CT molecular complexity index is 1350. The molecule has 0 unspecified atom stereocenters. The van der Waals surface area contributed by atoms with E-state index in [4.69, 9.17) is 21.5 Å². The van der Waals surface area contributed by atoms with Crippen LogP contribution in [0.3, 0.4) is 0 Å². The maximum absolute atomic E-state index is 13.1. The molecule has 3 N–H and O–H groups in total. The van der Waals surface area contributed by atoms with Gasteiger partial charge in [-0.2, -0.15) is 5.10 Å². The largest absolute Gasteiger partial charge is 0.477 e. The van der Waals surface area contributed by atoms with Gasteiger partial charge >= 0.3 is 6.03 Å². The fourth-order valence-electron chi connectivity index (χ4n) is 4.16. The number of anilines is 1. The topological polar surface area (TPSA) is 124 Å². The van der Waals surface area contributed by atoms with Crippen molar-refractivity contribution < 1.29 is 13.7 Å². The summed E-state index contributed by atoms with van der Waals surface area (Å²) in [4.78, 5) is 17.2. The molecule has 2 aromatic heterocycles. The van der Waals surface area contributed by atoms with Crippen LogP contribution in [0.5, 0.6) is 5.88 Å². The van der Waals surface area contributed by atoms with Crippen molar-refractivity contribution in [3.63, 3.8) is 0 Å². The molecule has 9 nitrogen and oxygen atoms in total. The molecule has 0 saturated carbocycles. The lowest BCUT2D eigenvalue weighted by molar-refractivity contribution is 0.224. The quantitative estimate of drug-likeness (QED) is 0.599. The first kappa shape index (κ1) is 20.9. The van der Waals surface area contributed by atoms with Crippen LogP contribution in [0.25, 0.3) is 11.1 Å². The molecule has 3 heterocycles. The molecule has 0 radical (unpaired) electrons. The van der Waals surface area contributed by atoms with Crippen molar-refractivity contribution >= 4 is 33.2 Å². The minimum absolute atomic E-state index is 0.116. The first-order valence-corrected chi connectivity index (χ1v) is 12.2. The summed E-state index contributed by atoms with van der Waals surface area (Å²) in [7, 11) is -3.55. The summed E-state index contributed by atoms with van der Waals surface area (Å²) < 4.78 is 24.1. The van der Waals surface area contributed by atoms with Crippen LogP contribution >= 0.6 is 11.6 Å². The van der Waals surface area contributed by atoms with E-state index >= 15 is 0 Å². The molecule has 0 bridgehead atoms. The second kappa shape index (κ2) is 8.19. The van der Waals surface area contributed by atoms with Crippen LogP contribution in [0.1, 0.15) is 24.0 Å². The van der Waals surface area contributed by atoms with Gasteiger partial charge in [0.15, 0.2) is 9.92 Å². The first-order valence-electron chi connectivity index (χ1n) is 10.2. The molecule has 1 aliphatic carbocycles. The fourth-order valence-corrected chi connectivity index (χ4v) is 5.33. The fraction of sp³-hybridized carbons (Fsp3) is 0.286. The van der Waals surface area contributed by atoms with Crippen molar-refractivity contribution in [2.24, 2.45) is 9.50 Å². The van der Waals surface area contributed by atoms with Gasteiger partial charge in [-0.1, -0.05) is 23.7 Å². The van der Waals surface area contributed by atoms with Crippen molar-refractivity contribution in [3.05, 3.63) is 52.9 Å². The molecule has 0 saturated heterocycles. The molecule has 1 atom stereocenters. The normalized spacial score (nSPS) is 16.4. The van der Waals surface area contributed by atoms with E-state index in [0.29, 0.717) is 29.7 Å². The van der Waals surface area contributed by atoms with Gasteiger partial charge in [0.05, 0.1) is 23.5 Å². The third kappa shape index (κ3) is 3.85. The highest BCUT2D eigenvalue weighted by Gasteiger charge is 2.25. The Morgan fingerprint density at radius 2 is 2.12 bits per heavy atom. The Morgan fingerprint density at radius 3 is 2.97 bits per heavy atom. The number of nitrogens with two attached hydrogens (primary N) is 1. The number of fused-ring (bicyclic) bond motifs is 2. The molecule has 1 aromatic carbocycles. The van der Waals surface area contributed by atoms with Crippen LogP contribution < -0.4 is 15.2 Å². The minimum Gasteiger partial charge on any atom is -0.477 e. The maximum atomic E-state index is 13.1. The number of hydrogen-bond donors (Lipinski definition) is 2. The Kier molecular flexibility index (Phi) is 5.36. The van der Waals surface area contributed by atoms with E-state index in [1.54, 1.807) is 23.1 Å². The van der Waals surface area contributed by atoms with E-state index in [1.807, 2.05) is 12.1 Å². The van der Waals surface area contributed by atoms with Crippen molar-refractivity contribution in [2.75, 3.05) is 11.9 Å². The van der Waals surface area contributed by atoms with Gasteiger partial charge in [0.2, 0.25) is 5.88 Å². The number of carbonyl (C=O) groups is 1. The molecule has 2 aliphatic rings.